The third kappa shape index (κ3) is 8.88. The summed E-state index contributed by atoms with van der Waals surface area (Å²) in [6.07, 6.45) is 2.73. The number of aromatic nitrogens is 2. The fraction of sp³-hybridized carbons (Fsp3) is 0.421. The molecule has 0 bridgehead atoms. The summed E-state index contributed by atoms with van der Waals surface area (Å²) in [6.45, 7) is 10.4. The largest absolute Gasteiger partial charge is 0.352 e. The van der Waals surface area contributed by atoms with Gasteiger partial charge in [0.1, 0.15) is 5.82 Å². The first-order valence-electron chi connectivity index (χ1n) is 8.42. The molecule has 1 aromatic carbocycles. The quantitative estimate of drug-likeness (QED) is 0.902. The van der Waals surface area contributed by atoms with E-state index in [0.717, 1.165) is 5.56 Å². The van der Waals surface area contributed by atoms with Crippen molar-refractivity contribution in [2.75, 3.05) is 0 Å². The van der Waals surface area contributed by atoms with Crippen LogP contribution < -0.4 is 10.9 Å². The minimum atomic E-state index is -0.262. The molecule has 2 aromatic rings. The number of nitrogens with zero attached hydrogens (tertiary/aromatic N) is 1. The van der Waals surface area contributed by atoms with Crippen molar-refractivity contribution in [2.45, 2.75) is 54.0 Å². The molecule has 0 aliphatic carbocycles. The number of hydrogen-bond acceptors (Lipinski definition) is 3. The van der Waals surface area contributed by atoms with Crippen LogP contribution in [0, 0.1) is 6.92 Å². The number of carbonyl (C=O) groups is 1. The second-order valence-electron chi connectivity index (χ2n) is 4.97. The summed E-state index contributed by atoms with van der Waals surface area (Å²) in [5.41, 5.74) is 1.13. The Balaban J connectivity index is 0.000000952. The smallest absolute Gasteiger partial charge is 0.254 e. The molecule has 132 valence electrons. The lowest BCUT2D eigenvalue weighted by atomic mass is 10.2. The van der Waals surface area contributed by atoms with Crippen LogP contribution in [0.15, 0.2) is 41.3 Å². The van der Waals surface area contributed by atoms with E-state index < -0.39 is 0 Å². The number of rotatable bonds is 4. The molecule has 0 radical (unpaired) electrons. The highest BCUT2D eigenvalue weighted by Gasteiger charge is 2.07. The topological polar surface area (TPSA) is 74.8 Å². The molecule has 24 heavy (non-hydrogen) atoms. The molecule has 0 saturated heterocycles. The fourth-order valence-electron chi connectivity index (χ4n) is 1.67. The van der Waals surface area contributed by atoms with Gasteiger partial charge in [0.05, 0.1) is 6.42 Å². The van der Waals surface area contributed by atoms with E-state index in [1.165, 1.54) is 12.6 Å². The average molecular weight is 331 g/mol. The van der Waals surface area contributed by atoms with Gasteiger partial charge in [-0.3, -0.25) is 9.59 Å². The molecule has 1 aromatic heterocycles. The highest BCUT2D eigenvalue weighted by atomic mass is 16.2. The Hall–Kier alpha value is -2.43. The first kappa shape index (κ1) is 21.6. The summed E-state index contributed by atoms with van der Waals surface area (Å²) < 4.78 is 0. The standard InChI is InChI=1S/C14H15N3O2.C3H8.C2H6/c1-10-15-9-12(14(19)17-10)7-13(18)16-8-11-5-3-2-4-6-11;1-3-2;1-2/h2-6,9H,7-8H2,1H3,(H,16,18)(H,15,17,19);3H2,1-2H3;1-2H3. The first-order chi connectivity index (χ1) is 11.6. The summed E-state index contributed by atoms with van der Waals surface area (Å²) in [4.78, 5) is 29.9. The van der Waals surface area contributed by atoms with Crippen LogP contribution >= 0.6 is 0 Å². The van der Waals surface area contributed by atoms with Gasteiger partial charge in [-0.1, -0.05) is 64.4 Å². The summed E-state index contributed by atoms with van der Waals surface area (Å²) in [5.74, 6) is 0.346. The van der Waals surface area contributed by atoms with Crippen LogP contribution in [-0.4, -0.2) is 15.9 Å². The first-order valence-corrected chi connectivity index (χ1v) is 8.42. The van der Waals surface area contributed by atoms with Crippen LogP contribution in [-0.2, 0) is 17.8 Å². The second kappa shape index (κ2) is 13.0. The van der Waals surface area contributed by atoms with Gasteiger partial charge in [0, 0.05) is 18.3 Å². The lowest BCUT2D eigenvalue weighted by Gasteiger charge is -2.05. The number of nitrogens with one attached hydrogen (secondary N) is 2. The number of aryl methyl sites for hydroxylation is 1. The Morgan fingerprint density at radius 2 is 1.75 bits per heavy atom. The molecule has 0 saturated carbocycles. The number of hydrogen-bond donors (Lipinski definition) is 2. The molecule has 5 nitrogen and oxygen atoms in total. The third-order valence-corrected chi connectivity index (χ3v) is 2.68. The van der Waals surface area contributed by atoms with Crippen molar-refractivity contribution in [2.24, 2.45) is 0 Å². The molecular formula is C19H29N3O2. The van der Waals surface area contributed by atoms with E-state index in [9.17, 15) is 9.59 Å². The number of carbonyl (C=O) groups excluding carboxylic acids is 1. The van der Waals surface area contributed by atoms with E-state index in [4.69, 9.17) is 0 Å². The zero-order chi connectivity index (χ0) is 18.4. The maximum Gasteiger partial charge on any atom is 0.254 e. The zero-order valence-corrected chi connectivity index (χ0v) is 15.3. The molecule has 2 N–H and O–H groups in total. The van der Waals surface area contributed by atoms with E-state index in [0.29, 0.717) is 17.9 Å². The van der Waals surface area contributed by atoms with Crippen LogP contribution in [0.3, 0.4) is 0 Å². The Kier molecular flexibility index (Phi) is 11.7. The zero-order valence-electron chi connectivity index (χ0n) is 15.3. The normalized spacial score (nSPS) is 9.04. The predicted octanol–water partition coefficient (Wildman–Crippen LogP) is 3.38. The van der Waals surface area contributed by atoms with Crippen molar-refractivity contribution >= 4 is 5.91 Å². The molecule has 1 heterocycles. The highest BCUT2D eigenvalue weighted by Crippen LogP contribution is 1.98. The molecule has 0 aliphatic rings. The van der Waals surface area contributed by atoms with Gasteiger partial charge in [-0.05, 0) is 12.5 Å². The monoisotopic (exact) mass is 331 g/mol. The summed E-state index contributed by atoms with van der Waals surface area (Å²) in [6, 6.07) is 9.61. The molecule has 1 amide bonds. The molecule has 0 aliphatic heterocycles. The molecular weight excluding hydrogens is 302 g/mol. The van der Waals surface area contributed by atoms with Gasteiger partial charge in [0.2, 0.25) is 5.91 Å². The molecule has 0 spiro atoms. The van der Waals surface area contributed by atoms with E-state index in [-0.39, 0.29) is 17.9 Å². The Bertz CT molecular complexity index is 637. The Morgan fingerprint density at radius 1 is 1.17 bits per heavy atom. The van der Waals surface area contributed by atoms with Gasteiger partial charge in [-0.25, -0.2) is 4.98 Å². The van der Waals surface area contributed by atoms with Gasteiger partial charge in [0.15, 0.2) is 0 Å². The molecule has 2 rings (SSSR count). The van der Waals surface area contributed by atoms with Crippen molar-refractivity contribution in [3.63, 3.8) is 0 Å². The van der Waals surface area contributed by atoms with Crippen LogP contribution in [0.4, 0.5) is 0 Å². The number of H-pyrrole nitrogens is 1. The van der Waals surface area contributed by atoms with E-state index in [1.54, 1.807) is 6.92 Å². The van der Waals surface area contributed by atoms with Crippen LogP contribution in [0.2, 0.25) is 0 Å². The number of benzene rings is 1. The van der Waals surface area contributed by atoms with Crippen molar-refractivity contribution < 1.29 is 4.79 Å². The molecule has 0 unspecified atom stereocenters. The van der Waals surface area contributed by atoms with Crippen molar-refractivity contribution in [3.05, 3.63) is 63.8 Å². The van der Waals surface area contributed by atoms with Gasteiger partial charge in [-0.2, -0.15) is 0 Å². The van der Waals surface area contributed by atoms with Crippen molar-refractivity contribution in [3.8, 4) is 0 Å². The van der Waals surface area contributed by atoms with Gasteiger partial charge in [0.25, 0.3) is 5.56 Å². The summed E-state index contributed by atoms with van der Waals surface area (Å²) in [5, 5.41) is 2.77. The van der Waals surface area contributed by atoms with E-state index >= 15 is 0 Å². The lowest BCUT2D eigenvalue weighted by molar-refractivity contribution is -0.120. The second-order valence-corrected chi connectivity index (χ2v) is 4.97. The number of aromatic amines is 1. The van der Waals surface area contributed by atoms with E-state index in [1.807, 2.05) is 44.2 Å². The Morgan fingerprint density at radius 3 is 2.29 bits per heavy atom. The number of amides is 1. The molecule has 0 atom stereocenters. The van der Waals surface area contributed by atoms with Crippen LogP contribution in [0.25, 0.3) is 0 Å². The minimum absolute atomic E-state index is 0.0371. The van der Waals surface area contributed by atoms with Gasteiger partial charge in [-0.15, -0.1) is 0 Å². The maximum absolute atomic E-state index is 11.7. The summed E-state index contributed by atoms with van der Waals surface area (Å²) >= 11 is 0. The van der Waals surface area contributed by atoms with Gasteiger partial charge < -0.3 is 10.3 Å². The average Bonchev–Trinajstić information content (AvgIpc) is 2.59. The Labute approximate surface area is 144 Å². The minimum Gasteiger partial charge on any atom is -0.352 e. The van der Waals surface area contributed by atoms with Crippen LogP contribution in [0.1, 0.15) is 51.1 Å². The molecule has 5 heteroatoms. The highest BCUT2D eigenvalue weighted by molar-refractivity contribution is 5.78. The predicted molar refractivity (Wildman–Crippen MR) is 98.9 cm³/mol. The summed E-state index contributed by atoms with van der Waals surface area (Å²) in [7, 11) is 0. The van der Waals surface area contributed by atoms with Crippen LogP contribution in [0.5, 0.6) is 0 Å². The van der Waals surface area contributed by atoms with Crippen molar-refractivity contribution in [1.29, 1.82) is 0 Å². The van der Waals surface area contributed by atoms with Gasteiger partial charge >= 0.3 is 0 Å². The molecule has 0 fully saturated rings. The maximum atomic E-state index is 11.7. The third-order valence-electron chi connectivity index (χ3n) is 2.68. The SMILES string of the molecule is CC.CCC.Cc1ncc(CC(=O)NCc2ccccc2)c(=O)[nH]1. The lowest BCUT2D eigenvalue weighted by Crippen LogP contribution is -2.27. The van der Waals surface area contributed by atoms with E-state index in [2.05, 4.69) is 29.1 Å². The van der Waals surface area contributed by atoms with Crippen molar-refractivity contribution in [1.82, 2.24) is 15.3 Å². The fourth-order valence-corrected chi connectivity index (χ4v) is 1.67.